The first-order valence-electron chi connectivity index (χ1n) is 7.55. The van der Waals surface area contributed by atoms with Gasteiger partial charge in [0.15, 0.2) is 0 Å². The van der Waals surface area contributed by atoms with Crippen LogP contribution in [0.3, 0.4) is 0 Å². The number of carbonyl (C=O) groups is 1. The number of hydrogen-bond donors (Lipinski definition) is 2. The molecule has 0 aliphatic rings. The van der Waals surface area contributed by atoms with Crippen LogP contribution in [0.2, 0.25) is 5.02 Å². The number of rotatable bonds is 3. The van der Waals surface area contributed by atoms with Gasteiger partial charge in [0, 0.05) is 22.2 Å². The van der Waals surface area contributed by atoms with Crippen molar-refractivity contribution in [2.75, 3.05) is 5.32 Å². The zero-order valence-electron chi connectivity index (χ0n) is 13.5. The average Bonchev–Trinajstić information content (AvgIpc) is 2.60. The molecule has 1 aromatic heterocycles. The summed E-state index contributed by atoms with van der Waals surface area (Å²) < 4.78 is 1.89. The fourth-order valence-corrected chi connectivity index (χ4v) is 3.47. The first-order chi connectivity index (χ1) is 12.3. The summed E-state index contributed by atoms with van der Waals surface area (Å²) in [6.07, 6.45) is 0. The number of amides is 1. The molecule has 0 saturated heterocycles. The molecule has 0 fully saturated rings. The SMILES string of the molecule is Cc1cc(Br)cc(Cl)c1NC(=O)c1cccc(-n2[nH]c(=O)ccc2=O)c1. The van der Waals surface area contributed by atoms with Crippen molar-refractivity contribution >= 4 is 39.1 Å². The standard InChI is InChI=1S/C18H13BrClN3O3/c1-10-7-12(19)9-14(20)17(10)21-18(26)11-3-2-4-13(8-11)23-16(25)6-5-15(24)22-23/h2-9H,1H3,(H,21,26)(H,22,24). The minimum atomic E-state index is -0.420. The monoisotopic (exact) mass is 433 g/mol. The van der Waals surface area contributed by atoms with E-state index in [4.69, 9.17) is 11.6 Å². The molecule has 1 heterocycles. The predicted molar refractivity (Wildman–Crippen MR) is 105 cm³/mol. The first kappa shape index (κ1) is 18.2. The fourth-order valence-electron chi connectivity index (χ4n) is 2.45. The van der Waals surface area contributed by atoms with Gasteiger partial charge in [-0.1, -0.05) is 33.6 Å². The highest BCUT2D eigenvalue weighted by molar-refractivity contribution is 9.10. The molecule has 0 saturated carbocycles. The maximum Gasteiger partial charge on any atom is 0.269 e. The largest absolute Gasteiger partial charge is 0.320 e. The Balaban J connectivity index is 1.96. The van der Waals surface area contributed by atoms with Crippen LogP contribution in [-0.2, 0) is 0 Å². The Morgan fingerprint density at radius 3 is 2.65 bits per heavy atom. The van der Waals surface area contributed by atoms with Crippen LogP contribution in [0, 0.1) is 6.92 Å². The molecule has 0 atom stereocenters. The van der Waals surface area contributed by atoms with Gasteiger partial charge in [0.25, 0.3) is 17.0 Å². The third-order valence-corrected chi connectivity index (χ3v) is 4.43. The molecule has 3 aromatic rings. The van der Waals surface area contributed by atoms with Crippen LogP contribution >= 0.6 is 27.5 Å². The third-order valence-electron chi connectivity index (χ3n) is 3.68. The molecule has 6 nitrogen and oxygen atoms in total. The zero-order valence-corrected chi connectivity index (χ0v) is 15.9. The topological polar surface area (TPSA) is 84.0 Å². The normalized spacial score (nSPS) is 10.6. The lowest BCUT2D eigenvalue weighted by Crippen LogP contribution is -2.26. The van der Waals surface area contributed by atoms with E-state index in [0.29, 0.717) is 22.0 Å². The fraction of sp³-hybridized carbons (Fsp3) is 0.0556. The molecule has 0 spiro atoms. The van der Waals surface area contributed by atoms with E-state index in [9.17, 15) is 14.4 Å². The number of aromatic amines is 1. The quantitative estimate of drug-likeness (QED) is 0.662. The molecule has 0 radical (unpaired) electrons. The highest BCUT2D eigenvalue weighted by Crippen LogP contribution is 2.30. The van der Waals surface area contributed by atoms with Crippen molar-refractivity contribution in [2.24, 2.45) is 0 Å². The molecular formula is C18H13BrClN3O3. The van der Waals surface area contributed by atoms with Crippen LogP contribution < -0.4 is 16.4 Å². The van der Waals surface area contributed by atoms with Crippen molar-refractivity contribution in [3.05, 3.63) is 89.9 Å². The Labute approximate surface area is 161 Å². The molecule has 2 N–H and O–H groups in total. The number of H-pyrrole nitrogens is 1. The van der Waals surface area contributed by atoms with Gasteiger partial charge in [-0.25, -0.2) is 4.68 Å². The molecule has 1 amide bonds. The Morgan fingerprint density at radius 1 is 1.15 bits per heavy atom. The lowest BCUT2D eigenvalue weighted by Gasteiger charge is -2.12. The number of halogens is 2. The summed E-state index contributed by atoms with van der Waals surface area (Å²) in [6, 6.07) is 12.2. The van der Waals surface area contributed by atoms with E-state index in [1.54, 1.807) is 24.3 Å². The zero-order chi connectivity index (χ0) is 18.8. The van der Waals surface area contributed by atoms with Crippen LogP contribution in [0.15, 0.2) is 62.6 Å². The molecule has 0 bridgehead atoms. The minimum absolute atomic E-state index is 0.317. The molecule has 8 heteroatoms. The molecule has 0 unspecified atom stereocenters. The number of carbonyl (C=O) groups excluding carboxylic acids is 1. The van der Waals surface area contributed by atoms with Gasteiger partial charge < -0.3 is 5.32 Å². The van der Waals surface area contributed by atoms with Crippen LogP contribution in [0.1, 0.15) is 15.9 Å². The number of aromatic nitrogens is 2. The Bertz CT molecular complexity index is 1100. The van der Waals surface area contributed by atoms with Crippen molar-refractivity contribution in [3.8, 4) is 5.69 Å². The molecule has 132 valence electrons. The average molecular weight is 435 g/mol. The highest BCUT2D eigenvalue weighted by atomic mass is 79.9. The van der Waals surface area contributed by atoms with E-state index in [1.165, 1.54) is 6.07 Å². The summed E-state index contributed by atoms with van der Waals surface area (Å²) >= 11 is 9.55. The second-order valence-electron chi connectivity index (χ2n) is 5.57. The van der Waals surface area contributed by atoms with E-state index >= 15 is 0 Å². The number of benzene rings is 2. The lowest BCUT2D eigenvalue weighted by molar-refractivity contribution is 0.102. The van der Waals surface area contributed by atoms with Gasteiger partial charge in [0.05, 0.1) is 16.4 Å². The van der Waals surface area contributed by atoms with Gasteiger partial charge in [-0.05, 0) is 42.8 Å². The summed E-state index contributed by atoms with van der Waals surface area (Å²) in [4.78, 5) is 36.0. The molecule has 2 aromatic carbocycles. The molecule has 0 aliphatic heterocycles. The highest BCUT2D eigenvalue weighted by Gasteiger charge is 2.13. The minimum Gasteiger partial charge on any atom is -0.320 e. The second kappa shape index (κ2) is 7.31. The Morgan fingerprint density at radius 2 is 1.92 bits per heavy atom. The van der Waals surface area contributed by atoms with E-state index < -0.39 is 11.1 Å². The molecule has 3 rings (SSSR count). The predicted octanol–water partition coefficient (Wildman–Crippen LogP) is 3.50. The van der Waals surface area contributed by atoms with E-state index in [0.717, 1.165) is 26.9 Å². The van der Waals surface area contributed by atoms with Gasteiger partial charge >= 0.3 is 0 Å². The van der Waals surface area contributed by atoms with Crippen LogP contribution in [-0.4, -0.2) is 15.7 Å². The molecule has 0 aliphatic carbocycles. The van der Waals surface area contributed by atoms with Crippen molar-refractivity contribution in [2.45, 2.75) is 6.92 Å². The molecule has 26 heavy (non-hydrogen) atoms. The lowest BCUT2D eigenvalue weighted by atomic mass is 10.1. The Hall–Kier alpha value is -2.64. The summed E-state index contributed by atoms with van der Waals surface area (Å²) in [5.41, 5.74) is 1.18. The van der Waals surface area contributed by atoms with E-state index in [1.807, 2.05) is 13.0 Å². The number of nitrogens with one attached hydrogen (secondary N) is 2. The van der Waals surface area contributed by atoms with Crippen molar-refractivity contribution in [3.63, 3.8) is 0 Å². The number of aryl methyl sites for hydroxylation is 1. The Kier molecular flexibility index (Phi) is 5.11. The van der Waals surface area contributed by atoms with Crippen LogP contribution in [0.5, 0.6) is 0 Å². The van der Waals surface area contributed by atoms with Crippen LogP contribution in [0.4, 0.5) is 5.69 Å². The van der Waals surface area contributed by atoms with E-state index in [-0.39, 0.29) is 5.91 Å². The van der Waals surface area contributed by atoms with Crippen LogP contribution in [0.25, 0.3) is 5.69 Å². The van der Waals surface area contributed by atoms with Crippen molar-refractivity contribution < 1.29 is 4.79 Å². The van der Waals surface area contributed by atoms with Gasteiger partial charge in [0.2, 0.25) is 0 Å². The number of anilines is 1. The maximum atomic E-state index is 12.6. The second-order valence-corrected chi connectivity index (χ2v) is 6.89. The summed E-state index contributed by atoms with van der Waals surface area (Å²) in [6.45, 7) is 1.83. The summed E-state index contributed by atoms with van der Waals surface area (Å²) in [7, 11) is 0. The summed E-state index contributed by atoms with van der Waals surface area (Å²) in [5, 5.41) is 5.61. The van der Waals surface area contributed by atoms with E-state index in [2.05, 4.69) is 26.3 Å². The van der Waals surface area contributed by atoms with Gasteiger partial charge in [0.1, 0.15) is 0 Å². The van der Waals surface area contributed by atoms with Gasteiger partial charge in [-0.3, -0.25) is 19.5 Å². The molecular weight excluding hydrogens is 422 g/mol. The smallest absolute Gasteiger partial charge is 0.269 e. The van der Waals surface area contributed by atoms with Crippen molar-refractivity contribution in [1.29, 1.82) is 0 Å². The maximum absolute atomic E-state index is 12.6. The summed E-state index contributed by atoms with van der Waals surface area (Å²) in [5.74, 6) is -0.384. The van der Waals surface area contributed by atoms with Crippen molar-refractivity contribution in [1.82, 2.24) is 9.78 Å². The first-order valence-corrected chi connectivity index (χ1v) is 8.72. The third kappa shape index (κ3) is 3.79. The number of hydrogen-bond acceptors (Lipinski definition) is 3. The van der Waals surface area contributed by atoms with Gasteiger partial charge in [-0.15, -0.1) is 0 Å². The van der Waals surface area contributed by atoms with Gasteiger partial charge in [-0.2, -0.15) is 0 Å². The number of nitrogens with zero attached hydrogens (tertiary/aromatic N) is 1.